The maximum absolute atomic E-state index is 12.3. The molecule has 2 aliphatic rings. The Morgan fingerprint density at radius 2 is 2.08 bits per heavy atom. The van der Waals surface area contributed by atoms with Crippen LogP contribution in [-0.2, 0) is 14.3 Å². The zero-order chi connectivity index (χ0) is 17.9. The van der Waals surface area contributed by atoms with Crippen molar-refractivity contribution in [3.63, 3.8) is 0 Å². The lowest BCUT2D eigenvalue weighted by Crippen LogP contribution is -2.47. The third-order valence-corrected chi connectivity index (χ3v) is 5.02. The largest absolute Gasteiger partial charge is 0.461 e. The predicted molar refractivity (Wildman–Crippen MR) is 89.9 cm³/mol. The van der Waals surface area contributed by atoms with E-state index in [9.17, 15) is 9.59 Å². The summed E-state index contributed by atoms with van der Waals surface area (Å²) in [5.41, 5.74) is 5.93. The van der Waals surface area contributed by atoms with Gasteiger partial charge in [0.15, 0.2) is 0 Å². The summed E-state index contributed by atoms with van der Waals surface area (Å²) in [4.78, 5) is 26.0. The maximum atomic E-state index is 12.3. The number of ether oxygens (including phenoxy) is 2. The van der Waals surface area contributed by atoms with Crippen molar-refractivity contribution in [2.75, 3.05) is 7.11 Å². The number of hydrogen-bond donors (Lipinski definition) is 1. The Bertz CT molecular complexity index is 514. The summed E-state index contributed by atoms with van der Waals surface area (Å²) in [6.07, 6.45) is 8.69. The van der Waals surface area contributed by atoms with E-state index in [-0.39, 0.29) is 30.1 Å². The van der Waals surface area contributed by atoms with Gasteiger partial charge in [-0.25, -0.2) is 4.79 Å². The summed E-state index contributed by atoms with van der Waals surface area (Å²) in [5, 5.41) is 0. The highest BCUT2D eigenvalue weighted by atomic mass is 16.6. The van der Waals surface area contributed by atoms with E-state index < -0.39 is 12.1 Å². The van der Waals surface area contributed by atoms with Crippen LogP contribution in [-0.4, -0.2) is 48.3 Å². The zero-order valence-electron chi connectivity index (χ0n) is 14.7. The molecule has 134 valence electrons. The molecule has 2 rings (SSSR count). The van der Waals surface area contributed by atoms with Crippen molar-refractivity contribution in [1.82, 2.24) is 4.90 Å². The number of amides is 1. The van der Waals surface area contributed by atoms with E-state index in [4.69, 9.17) is 21.6 Å². The second-order valence-corrected chi connectivity index (χ2v) is 7.17. The highest BCUT2D eigenvalue weighted by molar-refractivity contribution is 5.75. The van der Waals surface area contributed by atoms with E-state index in [0.717, 1.165) is 19.3 Å². The number of fused-ring (bicyclic) bond motifs is 1. The Morgan fingerprint density at radius 3 is 2.67 bits per heavy atom. The SMILES string of the molecule is C#CC1C[C@H]2[C@@H](OC(=O)C(N)CC(C)C)CCC[C@H]2N1C(=O)OC. The Balaban J connectivity index is 2.07. The molecular formula is C18H28N2O4. The van der Waals surface area contributed by atoms with Crippen LogP contribution in [0.4, 0.5) is 4.79 Å². The van der Waals surface area contributed by atoms with Gasteiger partial charge in [0, 0.05) is 12.0 Å². The molecule has 0 aromatic heterocycles. The van der Waals surface area contributed by atoms with Crippen LogP contribution in [0, 0.1) is 24.2 Å². The highest BCUT2D eigenvalue weighted by Gasteiger charge is 2.49. The monoisotopic (exact) mass is 336 g/mol. The number of nitrogens with zero attached hydrogens (tertiary/aromatic N) is 1. The summed E-state index contributed by atoms with van der Waals surface area (Å²) >= 11 is 0. The summed E-state index contributed by atoms with van der Waals surface area (Å²) < 4.78 is 10.6. The molecule has 0 aromatic carbocycles. The van der Waals surface area contributed by atoms with Gasteiger partial charge in [0.25, 0.3) is 0 Å². The number of rotatable bonds is 4. The van der Waals surface area contributed by atoms with E-state index in [1.165, 1.54) is 7.11 Å². The van der Waals surface area contributed by atoms with Crippen LogP contribution in [0.15, 0.2) is 0 Å². The quantitative estimate of drug-likeness (QED) is 0.626. The molecule has 6 nitrogen and oxygen atoms in total. The number of carbonyl (C=O) groups is 2. The zero-order valence-corrected chi connectivity index (χ0v) is 14.7. The van der Waals surface area contributed by atoms with Gasteiger partial charge < -0.3 is 15.2 Å². The van der Waals surface area contributed by atoms with Gasteiger partial charge in [0.1, 0.15) is 12.1 Å². The minimum Gasteiger partial charge on any atom is -0.461 e. The van der Waals surface area contributed by atoms with Gasteiger partial charge in [-0.2, -0.15) is 0 Å². The second-order valence-electron chi connectivity index (χ2n) is 7.17. The number of terminal acetylenes is 1. The Labute approximate surface area is 144 Å². The molecule has 1 amide bonds. The number of nitrogens with two attached hydrogens (primary N) is 1. The predicted octanol–water partition coefficient (Wildman–Crippen LogP) is 1.91. The molecule has 1 aliphatic heterocycles. The molecule has 0 spiro atoms. The molecule has 5 atom stereocenters. The number of esters is 1. The van der Waals surface area contributed by atoms with Crippen molar-refractivity contribution >= 4 is 12.1 Å². The molecule has 0 bridgehead atoms. The van der Waals surface area contributed by atoms with Gasteiger partial charge >= 0.3 is 12.1 Å². The molecule has 1 heterocycles. The van der Waals surface area contributed by atoms with Gasteiger partial charge in [-0.3, -0.25) is 9.69 Å². The topological polar surface area (TPSA) is 81.9 Å². The van der Waals surface area contributed by atoms with Gasteiger partial charge in [-0.1, -0.05) is 19.8 Å². The first kappa shape index (κ1) is 18.6. The van der Waals surface area contributed by atoms with Crippen LogP contribution < -0.4 is 5.73 Å². The molecule has 0 radical (unpaired) electrons. The molecule has 0 aromatic rings. The normalized spacial score (nSPS) is 30.4. The van der Waals surface area contributed by atoms with Crippen molar-refractivity contribution in [2.45, 2.75) is 70.2 Å². The first-order valence-electron chi connectivity index (χ1n) is 8.67. The molecule has 2 fully saturated rings. The Kier molecular flexibility index (Phi) is 6.11. The fourth-order valence-corrected chi connectivity index (χ4v) is 3.96. The van der Waals surface area contributed by atoms with Crippen LogP contribution >= 0.6 is 0 Å². The van der Waals surface area contributed by atoms with E-state index in [2.05, 4.69) is 5.92 Å². The van der Waals surface area contributed by atoms with Crippen LogP contribution in [0.25, 0.3) is 0 Å². The number of likely N-dealkylation sites (tertiary alicyclic amines) is 1. The summed E-state index contributed by atoms with van der Waals surface area (Å²) in [6.45, 7) is 4.04. The van der Waals surface area contributed by atoms with Crippen molar-refractivity contribution in [3.05, 3.63) is 0 Å². The molecule has 2 unspecified atom stereocenters. The molecular weight excluding hydrogens is 308 g/mol. The van der Waals surface area contributed by atoms with Crippen LogP contribution in [0.5, 0.6) is 0 Å². The third kappa shape index (κ3) is 3.84. The minimum absolute atomic E-state index is 0.0358. The lowest BCUT2D eigenvalue weighted by Gasteiger charge is -2.36. The standard InChI is InChI=1S/C18H28N2O4/c1-5-12-10-13-15(20(12)18(22)23-4)7-6-8-16(13)24-17(21)14(19)9-11(2)3/h1,11-16H,6-10,19H2,2-4H3/t12?,13-,14?,15-,16+/m1/s1. The number of carbonyl (C=O) groups excluding carboxylic acids is 2. The summed E-state index contributed by atoms with van der Waals surface area (Å²) in [5.74, 6) is 2.69. The van der Waals surface area contributed by atoms with Crippen LogP contribution in [0.2, 0.25) is 0 Å². The van der Waals surface area contributed by atoms with E-state index in [1.54, 1.807) is 4.90 Å². The number of hydrogen-bond acceptors (Lipinski definition) is 5. The van der Waals surface area contributed by atoms with Crippen molar-refractivity contribution in [1.29, 1.82) is 0 Å². The van der Waals surface area contributed by atoms with Gasteiger partial charge in [0.05, 0.1) is 13.2 Å². The van der Waals surface area contributed by atoms with Crippen LogP contribution in [0.3, 0.4) is 0 Å². The first-order chi connectivity index (χ1) is 11.4. The van der Waals surface area contributed by atoms with E-state index in [0.29, 0.717) is 18.8 Å². The lowest BCUT2D eigenvalue weighted by molar-refractivity contribution is -0.156. The highest BCUT2D eigenvalue weighted by Crippen LogP contribution is 2.41. The molecule has 24 heavy (non-hydrogen) atoms. The van der Waals surface area contributed by atoms with E-state index >= 15 is 0 Å². The van der Waals surface area contributed by atoms with E-state index in [1.807, 2.05) is 13.8 Å². The van der Waals surface area contributed by atoms with Crippen molar-refractivity contribution < 1.29 is 19.1 Å². The second kappa shape index (κ2) is 7.89. The third-order valence-electron chi connectivity index (χ3n) is 5.02. The Morgan fingerprint density at radius 1 is 1.38 bits per heavy atom. The van der Waals surface area contributed by atoms with Crippen LogP contribution in [0.1, 0.15) is 46.0 Å². The van der Waals surface area contributed by atoms with Gasteiger partial charge in [-0.05, 0) is 38.0 Å². The molecule has 2 N–H and O–H groups in total. The molecule has 6 heteroatoms. The van der Waals surface area contributed by atoms with Gasteiger partial charge in [-0.15, -0.1) is 6.42 Å². The average Bonchev–Trinajstić information content (AvgIpc) is 2.93. The molecule has 1 aliphatic carbocycles. The van der Waals surface area contributed by atoms with Crippen molar-refractivity contribution in [2.24, 2.45) is 17.6 Å². The molecule has 1 saturated carbocycles. The van der Waals surface area contributed by atoms with Gasteiger partial charge in [0.2, 0.25) is 0 Å². The van der Waals surface area contributed by atoms with Crippen molar-refractivity contribution in [3.8, 4) is 12.3 Å². The number of methoxy groups -OCH3 is 1. The lowest BCUT2D eigenvalue weighted by atomic mass is 9.82. The average molecular weight is 336 g/mol. The smallest absolute Gasteiger partial charge is 0.410 e. The summed E-state index contributed by atoms with van der Waals surface area (Å²) in [7, 11) is 1.36. The maximum Gasteiger partial charge on any atom is 0.410 e. The first-order valence-corrected chi connectivity index (χ1v) is 8.67. The minimum atomic E-state index is -0.605. The fraction of sp³-hybridized carbons (Fsp3) is 0.778. The molecule has 1 saturated heterocycles. The summed E-state index contributed by atoms with van der Waals surface area (Å²) in [6, 6.07) is -0.950. The Hall–Kier alpha value is -1.74. The fourth-order valence-electron chi connectivity index (χ4n) is 3.96.